The molecule has 3 unspecified atom stereocenters. The molecule has 0 aromatic heterocycles. The van der Waals surface area contributed by atoms with Crippen molar-refractivity contribution in [2.45, 2.75) is 84.7 Å². The minimum absolute atomic E-state index is 0.587. The van der Waals surface area contributed by atoms with Crippen LogP contribution in [0.15, 0.2) is 0 Å². The predicted octanol–water partition coefficient (Wildman–Crippen LogP) is 4.37. The van der Waals surface area contributed by atoms with Crippen LogP contribution in [0.1, 0.15) is 72.6 Å². The van der Waals surface area contributed by atoms with Crippen LogP contribution in [0.2, 0.25) is 0 Å². The van der Waals surface area contributed by atoms with Crippen molar-refractivity contribution in [3.8, 4) is 0 Å². The lowest BCUT2D eigenvalue weighted by atomic mass is 9.79. The van der Waals surface area contributed by atoms with Crippen LogP contribution < -0.4 is 5.32 Å². The SMILES string of the molecule is CC(C)C1CCCC(NC2CCC(C)(C)C2)C1. The van der Waals surface area contributed by atoms with E-state index in [0.29, 0.717) is 5.41 Å². The molecule has 0 heterocycles. The number of hydrogen-bond donors (Lipinski definition) is 1. The molecule has 0 aromatic carbocycles. The molecular weight excluding hydrogens is 206 g/mol. The van der Waals surface area contributed by atoms with Gasteiger partial charge in [-0.25, -0.2) is 0 Å². The topological polar surface area (TPSA) is 12.0 Å². The Balaban J connectivity index is 1.79. The van der Waals surface area contributed by atoms with E-state index in [-0.39, 0.29) is 0 Å². The zero-order valence-electron chi connectivity index (χ0n) is 12.3. The molecule has 0 radical (unpaired) electrons. The van der Waals surface area contributed by atoms with Crippen LogP contribution in [-0.2, 0) is 0 Å². The van der Waals surface area contributed by atoms with Crippen LogP contribution in [0.3, 0.4) is 0 Å². The van der Waals surface area contributed by atoms with Crippen molar-refractivity contribution in [1.29, 1.82) is 0 Å². The van der Waals surface area contributed by atoms with E-state index in [4.69, 9.17) is 0 Å². The third-order valence-electron chi connectivity index (χ3n) is 5.10. The standard InChI is InChI=1S/C16H31N/c1-12(2)13-6-5-7-14(10-13)17-15-8-9-16(3,4)11-15/h12-15,17H,5-11H2,1-4H3. The largest absolute Gasteiger partial charge is 0.311 e. The predicted molar refractivity (Wildman–Crippen MR) is 75.1 cm³/mol. The fourth-order valence-electron chi connectivity index (χ4n) is 3.90. The summed E-state index contributed by atoms with van der Waals surface area (Å²) in [5, 5.41) is 3.96. The van der Waals surface area contributed by atoms with Crippen LogP contribution in [0.4, 0.5) is 0 Å². The van der Waals surface area contributed by atoms with Gasteiger partial charge in [-0.15, -0.1) is 0 Å². The molecule has 0 bridgehead atoms. The lowest BCUT2D eigenvalue weighted by Gasteiger charge is -2.34. The van der Waals surface area contributed by atoms with Crippen LogP contribution >= 0.6 is 0 Å². The van der Waals surface area contributed by atoms with Crippen LogP contribution in [0.25, 0.3) is 0 Å². The highest BCUT2D eigenvalue weighted by molar-refractivity contribution is 4.90. The van der Waals surface area contributed by atoms with Gasteiger partial charge in [0.1, 0.15) is 0 Å². The first-order valence-electron chi connectivity index (χ1n) is 7.72. The summed E-state index contributed by atoms with van der Waals surface area (Å²) in [6.45, 7) is 9.64. The molecule has 0 amide bonds. The summed E-state index contributed by atoms with van der Waals surface area (Å²) in [7, 11) is 0. The summed E-state index contributed by atoms with van der Waals surface area (Å²) >= 11 is 0. The van der Waals surface area contributed by atoms with Gasteiger partial charge in [-0.2, -0.15) is 0 Å². The van der Waals surface area contributed by atoms with Crippen molar-refractivity contribution in [2.24, 2.45) is 17.3 Å². The van der Waals surface area contributed by atoms with Crippen molar-refractivity contribution in [3.05, 3.63) is 0 Å². The molecule has 0 saturated heterocycles. The lowest BCUT2D eigenvalue weighted by Crippen LogP contribution is -2.41. The van der Waals surface area contributed by atoms with E-state index in [1.54, 1.807) is 0 Å². The Morgan fingerprint density at radius 1 is 1.06 bits per heavy atom. The van der Waals surface area contributed by atoms with Crippen LogP contribution in [0, 0.1) is 17.3 Å². The minimum Gasteiger partial charge on any atom is -0.311 e. The third-order valence-corrected chi connectivity index (χ3v) is 5.10. The first kappa shape index (κ1) is 13.4. The molecule has 2 rings (SSSR count). The molecule has 0 aromatic rings. The quantitative estimate of drug-likeness (QED) is 0.768. The minimum atomic E-state index is 0.587. The molecule has 2 saturated carbocycles. The average molecular weight is 237 g/mol. The zero-order chi connectivity index (χ0) is 12.5. The van der Waals surface area contributed by atoms with Gasteiger partial charge < -0.3 is 5.32 Å². The highest BCUT2D eigenvalue weighted by atomic mass is 15.0. The van der Waals surface area contributed by atoms with Crippen molar-refractivity contribution < 1.29 is 0 Å². The second kappa shape index (κ2) is 5.30. The van der Waals surface area contributed by atoms with Gasteiger partial charge in [0.15, 0.2) is 0 Å². The van der Waals surface area contributed by atoms with Crippen LogP contribution in [0.5, 0.6) is 0 Å². The van der Waals surface area contributed by atoms with Crippen molar-refractivity contribution in [1.82, 2.24) is 5.32 Å². The van der Waals surface area contributed by atoms with Gasteiger partial charge >= 0.3 is 0 Å². The summed E-state index contributed by atoms with van der Waals surface area (Å²) in [4.78, 5) is 0. The number of nitrogens with one attached hydrogen (secondary N) is 1. The Morgan fingerprint density at radius 3 is 2.41 bits per heavy atom. The van der Waals surface area contributed by atoms with Crippen molar-refractivity contribution in [2.75, 3.05) is 0 Å². The molecule has 3 atom stereocenters. The fourth-order valence-corrected chi connectivity index (χ4v) is 3.90. The van der Waals surface area contributed by atoms with Crippen molar-refractivity contribution >= 4 is 0 Å². The molecule has 17 heavy (non-hydrogen) atoms. The molecule has 1 nitrogen and oxygen atoms in total. The monoisotopic (exact) mass is 237 g/mol. The summed E-state index contributed by atoms with van der Waals surface area (Å²) < 4.78 is 0. The first-order valence-corrected chi connectivity index (χ1v) is 7.72. The molecule has 100 valence electrons. The van der Waals surface area contributed by atoms with E-state index in [0.717, 1.165) is 23.9 Å². The van der Waals surface area contributed by atoms with E-state index < -0.39 is 0 Å². The summed E-state index contributed by atoms with van der Waals surface area (Å²) in [6, 6.07) is 1.62. The van der Waals surface area contributed by atoms with E-state index in [1.165, 1.54) is 44.9 Å². The smallest absolute Gasteiger partial charge is 0.00749 e. The molecular formula is C16H31N. The second-order valence-corrected chi connectivity index (χ2v) is 7.64. The normalized spacial score (nSPS) is 37.6. The van der Waals surface area contributed by atoms with Crippen LogP contribution in [-0.4, -0.2) is 12.1 Å². The van der Waals surface area contributed by atoms with Gasteiger partial charge in [-0.3, -0.25) is 0 Å². The molecule has 1 N–H and O–H groups in total. The molecule has 0 spiro atoms. The fraction of sp³-hybridized carbons (Fsp3) is 1.00. The van der Waals surface area contributed by atoms with Gasteiger partial charge in [0, 0.05) is 12.1 Å². The van der Waals surface area contributed by atoms with Gasteiger partial charge in [-0.1, -0.05) is 40.5 Å². The van der Waals surface area contributed by atoms with E-state index >= 15 is 0 Å². The van der Waals surface area contributed by atoms with Gasteiger partial charge in [0.05, 0.1) is 0 Å². The van der Waals surface area contributed by atoms with Gasteiger partial charge in [-0.05, 0) is 49.4 Å². The highest BCUT2D eigenvalue weighted by Gasteiger charge is 2.33. The Kier molecular flexibility index (Phi) is 4.18. The number of hydrogen-bond acceptors (Lipinski definition) is 1. The molecule has 2 aliphatic carbocycles. The highest BCUT2D eigenvalue weighted by Crippen LogP contribution is 2.38. The summed E-state index contributed by atoms with van der Waals surface area (Å²) in [5.41, 5.74) is 0.587. The maximum absolute atomic E-state index is 3.96. The maximum Gasteiger partial charge on any atom is 0.00749 e. The first-order chi connectivity index (χ1) is 7.96. The molecule has 0 aliphatic heterocycles. The average Bonchev–Trinajstić information content (AvgIpc) is 2.58. The second-order valence-electron chi connectivity index (χ2n) is 7.64. The van der Waals surface area contributed by atoms with E-state index in [2.05, 4.69) is 33.0 Å². The van der Waals surface area contributed by atoms with Crippen molar-refractivity contribution in [3.63, 3.8) is 0 Å². The van der Waals surface area contributed by atoms with Gasteiger partial charge in [0.25, 0.3) is 0 Å². The van der Waals surface area contributed by atoms with Gasteiger partial charge in [0.2, 0.25) is 0 Å². The molecule has 2 aliphatic rings. The van der Waals surface area contributed by atoms with E-state index in [1.807, 2.05) is 0 Å². The Labute approximate surface area is 108 Å². The summed E-state index contributed by atoms with van der Waals surface area (Å²) in [5.74, 6) is 1.84. The summed E-state index contributed by atoms with van der Waals surface area (Å²) in [6.07, 6.45) is 9.94. The zero-order valence-corrected chi connectivity index (χ0v) is 12.3. The third kappa shape index (κ3) is 3.71. The maximum atomic E-state index is 3.96. The number of rotatable bonds is 3. The molecule has 1 heteroatoms. The Hall–Kier alpha value is -0.0400. The van der Waals surface area contributed by atoms with E-state index in [9.17, 15) is 0 Å². The molecule has 2 fully saturated rings. The Morgan fingerprint density at radius 2 is 1.82 bits per heavy atom. The Bertz CT molecular complexity index is 244. The lowest BCUT2D eigenvalue weighted by molar-refractivity contribution is 0.217.